The van der Waals surface area contributed by atoms with Crippen molar-refractivity contribution in [2.45, 2.75) is 18.9 Å². The van der Waals surface area contributed by atoms with Gasteiger partial charge in [-0.3, -0.25) is 4.79 Å². The number of methoxy groups -OCH3 is 1. The predicted molar refractivity (Wildman–Crippen MR) is 94.2 cm³/mol. The van der Waals surface area contributed by atoms with Crippen LogP contribution in [0.5, 0.6) is 0 Å². The van der Waals surface area contributed by atoms with Crippen molar-refractivity contribution in [2.24, 2.45) is 0 Å². The fourth-order valence-electron chi connectivity index (χ4n) is 2.82. The van der Waals surface area contributed by atoms with Crippen LogP contribution in [0.4, 0.5) is 9.18 Å². The fraction of sp³-hybridized carbons (Fsp3) is 0.333. The molecule has 0 saturated carbocycles. The average molecular weight is 362 g/mol. The number of amides is 2. The molecule has 0 atom stereocenters. The number of nitrogens with zero attached hydrogens (tertiary/aromatic N) is 1. The minimum absolute atomic E-state index is 0.0461. The summed E-state index contributed by atoms with van der Waals surface area (Å²) in [6, 6.07) is 9.91. The lowest BCUT2D eigenvalue weighted by Crippen LogP contribution is -2.46. The Morgan fingerprint density at radius 3 is 2.48 bits per heavy atom. The van der Waals surface area contributed by atoms with Crippen LogP contribution in [0.3, 0.4) is 0 Å². The van der Waals surface area contributed by atoms with E-state index in [0.717, 1.165) is 10.4 Å². The highest BCUT2D eigenvalue weighted by atomic mass is 32.1. The van der Waals surface area contributed by atoms with E-state index in [1.165, 1.54) is 30.6 Å². The van der Waals surface area contributed by atoms with E-state index >= 15 is 0 Å². The van der Waals surface area contributed by atoms with Crippen molar-refractivity contribution in [2.75, 3.05) is 20.2 Å². The van der Waals surface area contributed by atoms with Crippen LogP contribution in [0, 0.1) is 5.82 Å². The summed E-state index contributed by atoms with van der Waals surface area (Å²) in [6.45, 7) is 1.14. The summed E-state index contributed by atoms with van der Waals surface area (Å²) in [4.78, 5) is 27.1. The van der Waals surface area contributed by atoms with E-state index in [1.807, 2.05) is 6.07 Å². The van der Waals surface area contributed by atoms with E-state index in [4.69, 9.17) is 4.74 Å². The molecule has 0 aliphatic carbocycles. The summed E-state index contributed by atoms with van der Waals surface area (Å²) in [6.07, 6.45) is 1.08. The third kappa shape index (κ3) is 4.17. The minimum Gasteiger partial charge on any atom is -0.453 e. The second-order valence-corrected chi connectivity index (χ2v) is 6.96. The first-order valence-electron chi connectivity index (χ1n) is 8.06. The van der Waals surface area contributed by atoms with Gasteiger partial charge in [-0.1, -0.05) is 12.1 Å². The second kappa shape index (κ2) is 7.65. The zero-order chi connectivity index (χ0) is 17.8. The first-order valence-corrected chi connectivity index (χ1v) is 8.88. The highest BCUT2D eigenvalue weighted by Gasteiger charge is 2.24. The van der Waals surface area contributed by atoms with Gasteiger partial charge in [0, 0.05) is 24.0 Å². The number of carbonyl (C=O) groups is 2. The standard InChI is InChI=1S/C18H19FN2O3S/c1-24-18(23)21-10-8-14(9-11-21)20-17(22)16-7-6-15(25-16)12-2-4-13(19)5-3-12/h2-7,14H,8-11H2,1H3,(H,20,22). The summed E-state index contributed by atoms with van der Waals surface area (Å²) in [5.41, 5.74) is 0.886. The Bertz CT molecular complexity index is 752. The van der Waals surface area contributed by atoms with E-state index in [1.54, 1.807) is 23.1 Å². The second-order valence-electron chi connectivity index (χ2n) is 5.88. The van der Waals surface area contributed by atoms with Crippen molar-refractivity contribution in [3.63, 3.8) is 0 Å². The molecule has 1 aromatic carbocycles. The van der Waals surface area contributed by atoms with Gasteiger partial charge in [0.15, 0.2) is 0 Å². The number of rotatable bonds is 3. The minimum atomic E-state index is -0.327. The molecule has 3 rings (SSSR count). The average Bonchev–Trinajstić information content (AvgIpc) is 3.12. The van der Waals surface area contributed by atoms with Crippen molar-refractivity contribution in [1.29, 1.82) is 0 Å². The number of halogens is 1. The van der Waals surface area contributed by atoms with Crippen LogP contribution in [0.25, 0.3) is 10.4 Å². The molecular weight excluding hydrogens is 343 g/mol. The van der Waals surface area contributed by atoms with E-state index < -0.39 is 0 Å². The molecule has 0 radical (unpaired) electrons. The highest BCUT2D eigenvalue weighted by molar-refractivity contribution is 7.17. The van der Waals surface area contributed by atoms with Crippen molar-refractivity contribution in [3.05, 3.63) is 47.1 Å². The monoisotopic (exact) mass is 362 g/mol. The molecule has 132 valence electrons. The Hall–Kier alpha value is -2.41. The molecule has 2 heterocycles. The third-order valence-corrected chi connectivity index (χ3v) is 5.35. The van der Waals surface area contributed by atoms with Gasteiger partial charge < -0.3 is 15.0 Å². The van der Waals surface area contributed by atoms with Crippen LogP contribution in [0.1, 0.15) is 22.5 Å². The number of carbonyl (C=O) groups excluding carboxylic acids is 2. The van der Waals surface area contributed by atoms with E-state index in [0.29, 0.717) is 30.8 Å². The molecule has 25 heavy (non-hydrogen) atoms. The van der Waals surface area contributed by atoms with Crippen LogP contribution in [0.2, 0.25) is 0 Å². The maximum Gasteiger partial charge on any atom is 0.409 e. The van der Waals surface area contributed by atoms with Crippen LogP contribution >= 0.6 is 11.3 Å². The van der Waals surface area contributed by atoms with Gasteiger partial charge in [0.05, 0.1) is 12.0 Å². The maximum absolute atomic E-state index is 13.0. The SMILES string of the molecule is COC(=O)N1CCC(NC(=O)c2ccc(-c3ccc(F)cc3)s2)CC1. The number of hydrogen-bond donors (Lipinski definition) is 1. The molecule has 2 aromatic rings. The van der Waals surface area contributed by atoms with Gasteiger partial charge in [-0.15, -0.1) is 11.3 Å². The van der Waals surface area contributed by atoms with Crippen molar-refractivity contribution >= 4 is 23.3 Å². The lowest BCUT2D eigenvalue weighted by atomic mass is 10.1. The van der Waals surface area contributed by atoms with Crippen molar-refractivity contribution in [3.8, 4) is 10.4 Å². The molecule has 1 aromatic heterocycles. The van der Waals surface area contributed by atoms with E-state index in [-0.39, 0.29) is 23.9 Å². The number of benzene rings is 1. The number of likely N-dealkylation sites (tertiary alicyclic amines) is 1. The summed E-state index contributed by atoms with van der Waals surface area (Å²) in [5.74, 6) is -0.397. The summed E-state index contributed by atoms with van der Waals surface area (Å²) >= 11 is 1.38. The molecule has 0 unspecified atom stereocenters. The number of thiophene rings is 1. The molecule has 1 N–H and O–H groups in total. The molecule has 1 aliphatic heterocycles. The Morgan fingerprint density at radius 1 is 1.16 bits per heavy atom. The van der Waals surface area contributed by atoms with Gasteiger partial charge in [0.2, 0.25) is 0 Å². The number of hydrogen-bond acceptors (Lipinski definition) is 4. The smallest absolute Gasteiger partial charge is 0.409 e. The van der Waals surface area contributed by atoms with Crippen LogP contribution < -0.4 is 5.32 Å². The number of nitrogens with one attached hydrogen (secondary N) is 1. The van der Waals surface area contributed by atoms with Gasteiger partial charge in [0.1, 0.15) is 5.82 Å². The first kappa shape index (κ1) is 17.4. The molecule has 1 aliphatic rings. The topological polar surface area (TPSA) is 58.6 Å². The maximum atomic E-state index is 13.0. The van der Waals surface area contributed by atoms with Gasteiger partial charge in [0.25, 0.3) is 5.91 Å². The van der Waals surface area contributed by atoms with Gasteiger partial charge in [-0.05, 0) is 42.7 Å². The molecule has 7 heteroatoms. The lowest BCUT2D eigenvalue weighted by molar-refractivity contribution is 0.0896. The lowest BCUT2D eigenvalue weighted by Gasteiger charge is -2.31. The first-order chi connectivity index (χ1) is 12.1. The molecule has 5 nitrogen and oxygen atoms in total. The molecule has 0 bridgehead atoms. The normalized spacial score (nSPS) is 15.0. The van der Waals surface area contributed by atoms with Gasteiger partial charge >= 0.3 is 6.09 Å². The number of piperidine rings is 1. The van der Waals surface area contributed by atoms with E-state index in [2.05, 4.69) is 5.32 Å². The summed E-state index contributed by atoms with van der Waals surface area (Å²) in [7, 11) is 1.37. The zero-order valence-electron chi connectivity index (χ0n) is 13.8. The zero-order valence-corrected chi connectivity index (χ0v) is 14.6. The Labute approximate surface area is 149 Å². The van der Waals surface area contributed by atoms with Crippen LogP contribution in [0.15, 0.2) is 36.4 Å². The fourth-order valence-corrected chi connectivity index (χ4v) is 3.74. The summed E-state index contributed by atoms with van der Waals surface area (Å²) in [5, 5.41) is 3.02. The van der Waals surface area contributed by atoms with Crippen LogP contribution in [-0.2, 0) is 4.74 Å². The number of ether oxygens (including phenoxy) is 1. The van der Waals surface area contributed by atoms with E-state index in [9.17, 15) is 14.0 Å². The molecule has 1 fully saturated rings. The quantitative estimate of drug-likeness (QED) is 0.909. The summed E-state index contributed by atoms with van der Waals surface area (Å²) < 4.78 is 17.7. The Kier molecular flexibility index (Phi) is 5.33. The largest absolute Gasteiger partial charge is 0.453 e. The predicted octanol–water partition coefficient (Wildman–Crippen LogP) is 3.51. The molecule has 1 saturated heterocycles. The van der Waals surface area contributed by atoms with Crippen molar-refractivity contribution < 1.29 is 18.7 Å². The molecule has 2 amide bonds. The third-order valence-electron chi connectivity index (χ3n) is 4.22. The Morgan fingerprint density at radius 2 is 1.84 bits per heavy atom. The Balaban J connectivity index is 1.57. The molecular formula is C18H19FN2O3S. The van der Waals surface area contributed by atoms with Gasteiger partial charge in [-0.25, -0.2) is 9.18 Å². The highest BCUT2D eigenvalue weighted by Crippen LogP contribution is 2.28. The van der Waals surface area contributed by atoms with Gasteiger partial charge in [-0.2, -0.15) is 0 Å². The van der Waals surface area contributed by atoms with Crippen molar-refractivity contribution in [1.82, 2.24) is 10.2 Å². The van der Waals surface area contributed by atoms with Crippen LogP contribution in [-0.4, -0.2) is 43.1 Å². The molecule has 0 spiro atoms.